The molecule has 7 unspecified atom stereocenters. The topological polar surface area (TPSA) is 321 Å². The largest absolute Gasteiger partial charge is 0.481 e. The minimum Gasteiger partial charge on any atom is -0.481 e. The number of amides is 6. The first kappa shape index (κ1) is 76.6. The third-order valence-corrected chi connectivity index (χ3v) is 23.6. The second-order valence-electron chi connectivity index (χ2n) is 31.7. The van der Waals surface area contributed by atoms with E-state index in [1.165, 1.54) is 0 Å². The molecule has 8 aromatic carbocycles. The van der Waals surface area contributed by atoms with E-state index in [-0.39, 0.29) is 173 Å². The third kappa shape index (κ3) is 13.3. The lowest BCUT2D eigenvalue weighted by atomic mass is 9.52. The minimum atomic E-state index is -1.25. The molecule has 115 heavy (non-hydrogen) atoms. The zero-order valence-electron chi connectivity index (χ0n) is 66.6. The predicted octanol–water partition coefficient (Wildman–Crippen LogP) is 21.4. The number of carboxylic acids is 1. The van der Waals surface area contributed by atoms with Crippen molar-refractivity contribution in [3.05, 3.63) is 147 Å². The van der Waals surface area contributed by atoms with Gasteiger partial charge in [-0.25, -0.2) is 4.98 Å². The van der Waals surface area contributed by atoms with Gasteiger partial charge in [-0.1, -0.05) is 83.1 Å². The number of aliphatic carboxylic acids is 1. The number of rotatable bonds is 17. The van der Waals surface area contributed by atoms with E-state index in [1.54, 1.807) is 102 Å². The highest BCUT2D eigenvalue weighted by atomic mass is 16.5. The van der Waals surface area contributed by atoms with Gasteiger partial charge in [0.05, 0.1) is 50.6 Å². The van der Waals surface area contributed by atoms with Crippen molar-refractivity contribution in [2.24, 2.45) is 10.8 Å². The summed E-state index contributed by atoms with van der Waals surface area (Å²) in [6.07, 6.45) is 2.97. The molecule has 6 amide bonds. The second-order valence-corrected chi connectivity index (χ2v) is 31.7. The molecule has 6 aliphatic rings. The van der Waals surface area contributed by atoms with Gasteiger partial charge in [0, 0.05) is 190 Å². The molecule has 1 aliphatic carbocycles. The van der Waals surface area contributed by atoms with Gasteiger partial charge in [-0.05, 0) is 76.1 Å². The maximum atomic E-state index is 15.5. The monoisotopic (exact) mass is 1560 g/mol. The molecule has 2 bridgehead atoms. The summed E-state index contributed by atoms with van der Waals surface area (Å²) in [5.74, 6) is -1.73. The lowest BCUT2D eigenvalue weighted by Crippen LogP contribution is -2.56. The van der Waals surface area contributed by atoms with E-state index in [0.717, 1.165) is 0 Å². The lowest BCUT2D eigenvalue weighted by Gasteiger charge is -2.53. The molecule has 1 saturated carbocycles. The number of hydrogen-bond donors (Lipinski definition) is 7. The van der Waals surface area contributed by atoms with Gasteiger partial charge >= 0.3 is 5.97 Å². The maximum Gasteiger partial charge on any atom is 0.309 e. The standard InChI is InChI=1S/C90H92N8O17/c1-14-43-47-24-49-44(15-2)51-26-53-46(17-4)54-27-52-45(16-3)50-25-48(43)64-37-66(50)111-75-32-59(95-83(103)22-9)60(96-84(104)23-10)33-76(75)113-68(52)39-70(54)115-78-35-62-61(97-85-88(11)40-89(12,86(105)98(62)85)42-90(13,41-88)87(106)107)34-77(78)114-69(53)38-67(51)112-74-31-58(94-82(102)21-8)57(93-81(101)20-7)30-73(74)110-65(49)36-63(47)108-71-28-55(91-79(99)18-5)56(29-72(71)109-64)92-80(100)19-6/h24-39,43-46H,14-23,40-42H2,1-13H3,(H,91,99)(H,92,100)(H,93,101)(H,94,102)(H,95,103)(H,96,104)(H,106,107). The van der Waals surface area contributed by atoms with Crippen LogP contribution in [0.1, 0.15) is 252 Å². The molecule has 0 saturated heterocycles. The number of fused-ring (bicyclic) bond motifs is 18. The summed E-state index contributed by atoms with van der Waals surface area (Å²) < 4.78 is 61.3. The van der Waals surface area contributed by atoms with Crippen molar-refractivity contribution in [3.8, 4) is 92.0 Å². The Bertz CT molecular complexity index is 5670. The van der Waals surface area contributed by atoms with Crippen molar-refractivity contribution in [2.75, 3.05) is 31.9 Å². The molecule has 0 spiro atoms. The summed E-state index contributed by atoms with van der Waals surface area (Å²) in [5.41, 5.74) is 4.41. The molecular weight excluding hydrogens is 1470 g/mol. The van der Waals surface area contributed by atoms with E-state index in [9.17, 15) is 38.7 Å². The summed E-state index contributed by atoms with van der Waals surface area (Å²) in [7, 11) is 0. The van der Waals surface area contributed by atoms with Crippen LogP contribution >= 0.6 is 0 Å². The molecule has 15 rings (SSSR count). The van der Waals surface area contributed by atoms with Crippen LogP contribution in [0.25, 0.3) is 11.0 Å². The zero-order valence-corrected chi connectivity index (χ0v) is 66.6. The number of carboxylic acid groups (broad SMARTS) is 1. The summed E-state index contributed by atoms with van der Waals surface area (Å²) in [6.45, 7) is 24.1. The molecular formula is C90H92N8O17. The summed E-state index contributed by atoms with van der Waals surface area (Å²) in [4.78, 5) is 116. The van der Waals surface area contributed by atoms with Gasteiger partial charge in [0.1, 0.15) is 51.8 Å². The van der Waals surface area contributed by atoms with Crippen molar-refractivity contribution >= 4 is 92.5 Å². The highest BCUT2D eigenvalue weighted by molar-refractivity contribution is 6.04. The highest BCUT2D eigenvalue weighted by Gasteiger charge is 2.61. The zero-order chi connectivity index (χ0) is 81.2. The molecule has 6 heterocycles. The van der Waals surface area contributed by atoms with Crippen LogP contribution in [0, 0.1) is 10.8 Å². The summed E-state index contributed by atoms with van der Waals surface area (Å²) in [5, 5.41) is 28.8. The van der Waals surface area contributed by atoms with E-state index < -0.39 is 45.9 Å². The molecule has 7 atom stereocenters. The second kappa shape index (κ2) is 29.2. The number of aromatic nitrogens is 2. The Morgan fingerprint density at radius 3 is 0.809 bits per heavy atom. The van der Waals surface area contributed by atoms with Crippen LogP contribution in [-0.4, -0.2) is 62.0 Å². The average molecular weight is 1560 g/mol. The minimum absolute atomic E-state index is 0.0946. The summed E-state index contributed by atoms with van der Waals surface area (Å²) >= 11 is 0. The highest BCUT2D eigenvalue weighted by Crippen LogP contribution is 2.63. The van der Waals surface area contributed by atoms with E-state index in [2.05, 4.69) is 83.9 Å². The number of nitrogens with one attached hydrogen (secondary N) is 6. The molecule has 594 valence electrons. The van der Waals surface area contributed by atoms with Crippen molar-refractivity contribution < 1.29 is 81.4 Å². The van der Waals surface area contributed by atoms with Crippen molar-refractivity contribution in [1.82, 2.24) is 9.55 Å². The number of carbonyl (C=O) groups is 8. The van der Waals surface area contributed by atoms with Gasteiger partial charge in [0.15, 0.2) is 46.0 Å². The molecule has 25 heteroatoms. The van der Waals surface area contributed by atoms with Crippen LogP contribution in [0.3, 0.4) is 0 Å². The molecule has 5 aliphatic heterocycles. The average Bonchev–Trinajstić information content (AvgIpc) is 1.60. The van der Waals surface area contributed by atoms with E-state index in [4.69, 9.17) is 42.9 Å². The SMILES string of the molecule is CCC(=O)Nc1cc2c(cc1NC(=O)CC)Oc1cc3c4cc1C(CC)c1cc5c(cc1O2)Oc1cc(NC(=O)CC)c(NC(=O)CC)cc1Oc1cc2c(cc1C5CC)C(CC)c1cc(c(cc1Oc1cc5c(cc1O2)nc1n5C(=O)C2(C)CC(C)(C(=O)O)CC1(C)C2)Oc1cc(NC(=O)CC)c(NC(=O)CC)cc1O3)C4CC. The van der Waals surface area contributed by atoms with Gasteiger partial charge in [0.25, 0.3) is 0 Å². The van der Waals surface area contributed by atoms with Crippen molar-refractivity contribution in [2.45, 2.75) is 203 Å². The molecule has 0 radical (unpaired) electrons. The maximum absolute atomic E-state index is 15.5. The molecule has 9 aromatic rings. The number of nitrogens with zero attached hydrogens (tertiary/aromatic N) is 2. The first-order valence-corrected chi connectivity index (χ1v) is 40.0. The van der Waals surface area contributed by atoms with Gasteiger partial charge in [0.2, 0.25) is 41.4 Å². The van der Waals surface area contributed by atoms with Crippen molar-refractivity contribution in [3.63, 3.8) is 0 Å². The van der Waals surface area contributed by atoms with E-state index in [1.807, 2.05) is 38.1 Å². The van der Waals surface area contributed by atoms with Crippen LogP contribution in [0.2, 0.25) is 0 Å². The third-order valence-electron chi connectivity index (χ3n) is 23.6. The Kier molecular flexibility index (Phi) is 19.4. The molecule has 1 fully saturated rings. The fourth-order valence-electron chi connectivity index (χ4n) is 18.2. The fraction of sp³-hybridized carbons (Fsp3) is 0.367. The lowest BCUT2D eigenvalue weighted by molar-refractivity contribution is -0.154. The van der Waals surface area contributed by atoms with Crippen LogP contribution in [0.15, 0.2) is 97.1 Å². The number of ether oxygens (including phenoxy) is 8. The van der Waals surface area contributed by atoms with Gasteiger partial charge in [-0.2, -0.15) is 0 Å². The Hall–Kier alpha value is -12.4. The Morgan fingerprint density at radius 1 is 0.339 bits per heavy atom. The normalized spacial score (nSPS) is 20.4. The first-order chi connectivity index (χ1) is 55.1. The summed E-state index contributed by atoms with van der Waals surface area (Å²) in [6, 6.07) is 29.0. The number of benzene rings is 8. The number of anilines is 6. The van der Waals surface area contributed by atoms with Crippen molar-refractivity contribution in [1.29, 1.82) is 0 Å². The number of imidazole rings is 1. The predicted molar refractivity (Wildman–Crippen MR) is 433 cm³/mol. The molecule has 1 aromatic heterocycles. The van der Waals surface area contributed by atoms with E-state index in [0.29, 0.717) is 139 Å². The number of hydrogen-bond acceptors (Lipinski definition) is 17. The van der Waals surface area contributed by atoms with Crippen LogP contribution in [0.4, 0.5) is 34.1 Å². The number of carbonyl (C=O) groups excluding carboxylic acids is 7. The van der Waals surface area contributed by atoms with Gasteiger partial charge in [-0.15, -0.1) is 0 Å². The first-order valence-electron chi connectivity index (χ1n) is 40.0. The Labute approximate surface area is 664 Å². The fourth-order valence-corrected chi connectivity index (χ4v) is 18.2. The van der Waals surface area contributed by atoms with Gasteiger partial charge in [-0.3, -0.25) is 42.9 Å². The quantitative estimate of drug-likeness (QED) is 0.0445. The molecule has 7 N–H and O–H groups in total. The Morgan fingerprint density at radius 2 is 0.574 bits per heavy atom. The van der Waals surface area contributed by atoms with Crippen LogP contribution in [0.5, 0.6) is 92.0 Å². The van der Waals surface area contributed by atoms with Crippen LogP contribution in [-0.2, 0) is 39.0 Å². The molecule has 25 nitrogen and oxygen atoms in total. The van der Waals surface area contributed by atoms with Crippen LogP contribution < -0.4 is 69.8 Å². The smallest absolute Gasteiger partial charge is 0.309 e. The van der Waals surface area contributed by atoms with E-state index >= 15 is 4.79 Å². The van der Waals surface area contributed by atoms with Gasteiger partial charge < -0.3 is 74.9 Å². The Balaban J connectivity index is 1.05.